The number of hydrogen-bond donors (Lipinski definition) is 1. The lowest BCUT2D eigenvalue weighted by Gasteiger charge is -2.20. The van der Waals surface area contributed by atoms with Gasteiger partial charge in [0.1, 0.15) is 17.9 Å². The zero-order valence-corrected chi connectivity index (χ0v) is 15.7. The Morgan fingerprint density at radius 3 is 2.63 bits per heavy atom. The molecule has 0 atom stereocenters. The summed E-state index contributed by atoms with van der Waals surface area (Å²) in [5, 5.41) is 3.63. The van der Waals surface area contributed by atoms with Gasteiger partial charge in [-0.25, -0.2) is 9.97 Å². The van der Waals surface area contributed by atoms with E-state index in [0.29, 0.717) is 13.0 Å². The SMILES string of the molecule is CNC(=O)CCCCOc1ccc(N(C)c2ncnc3ccccc23)cc1. The molecule has 6 nitrogen and oxygen atoms in total. The Kier molecular flexibility index (Phi) is 6.20. The summed E-state index contributed by atoms with van der Waals surface area (Å²) < 4.78 is 5.76. The van der Waals surface area contributed by atoms with E-state index < -0.39 is 0 Å². The molecule has 0 aliphatic rings. The van der Waals surface area contributed by atoms with E-state index in [9.17, 15) is 4.79 Å². The van der Waals surface area contributed by atoms with Crippen LogP contribution in [-0.4, -0.2) is 36.6 Å². The molecule has 27 heavy (non-hydrogen) atoms. The number of para-hydroxylation sites is 1. The Hall–Kier alpha value is -3.15. The van der Waals surface area contributed by atoms with Gasteiger partial charge in [-0.05, 0) is 49.2 Å². The van der Waals surface area contributed by atoms with E-state index in [0.717, 1.165) is 41.0 Å². The van der Waals surface area contributed by atoms with Crippen LogP contribution in [0.3, 0.4) is 0 Å². The first-order valence-electron chi connectivity index (χ1n) is 9.06. The summed E-state index contributed by atoms with van der Waals surface area (Å²) in [6, 6.07) is 15.9. The lowest BCUT2D eigenvalue weighted by Crippen LogP contribution is -2.17. The third-order valence-corrected chi connectivity index (χ3v) is 4.41. The van der Waals surface area contributed by atoms with Gasteiger partial charge in [0.25, 0.3) is 0 Å². The van der Waals surface area contributed by atoms with E-state index in [2.05, 4.69) is 15.3 Å². The number of nitrogens with zero attached hydrogens (tertiary/aromatic N) is 3. The van der Waals surface area contributed by atoms with Crippen molar-refractivity contribution in [1.29, 1.82) is 0 Å². The number of benzene rings is 2. The predicted octanol–water partition coefficient (Wildman–Crippen LogP) is 3.69. The molecular weight excluding hydrogens is 340 g/mol. The molecule has 1 heterocycles. The van der Waals surface area contributed by atoms with Crippen LogP contribution in [0.2, 0.25) is 0 Å². The second kappa shape index (κ2) is 8.98. The van der Waals surface area contributed by atoms with Gasteiger partial charge in [0.05, 0.1) is 12.1 Å². The van der Waals surface area contributed by atoms with Crippen LogP contribution in [0, 0.1) is 0 Å². The molecular formula is C21H24N4O2. The minimum atomic E-state index is 0.0691. The standard InChI is InChI=1S/C21H24N4O2/c1-22-20(26)9-5-6-14-27-17-12-10-16(11-13-17)25(2)21-18-7-3-4-8-19(18)23-15-24-21/h3-4,7-8,10-13,15H,5-6,9,14H2,1-2H3,(H,22,26). The van der Waals surface area contributed by atoms with E-state index in [4.69, 9.17) is 4.74 Å². The van der Waals surface area contributed by atoms with Crippen molar-refractivity contribution in [3.05, 3.63) is 54.9 Å². The van der Waals surface area contributed by atoms with Crippen LogP contribution >= 0.6 is 0 Å². The van der Waals surface area contributed by atoms with E-state index >= 15 is 0 Å². The number of amides is 1. The Morgan fingerprint density at radius 2 is 1.85 bits per heavy atom. The highest BCUT2D eigenvalue weighted by Crippen LogP contribution is 2.29. The topological polar surface area (TPSA) is 67.3 Å². The van der Waals surface area contributed by atoms with Crippen LogP contribution in [0.25, 0.3) is 10.9 Å². The third kappa shape index (κ3) is 4.73. The van der Waals surface area contributed by atoms with Gasteiger partial charge in [0.2, 0.25) is 5.91 Å². The molecule has 2 aromatic carbocycles. The second-order valence-electron chi connectivity index (χ2n) is 6.25. The van der Waals surface area contributed by atoms with Crippen molar-refractivity contribution in [2.24, 2.45) is 0 Å². The van der Waals surface area contributed by atoms with Crippen LogP contribution < -0.4 is 15.0 Å². The minimum absolute atomic E-state index is 0.0691. The maximum absolute atomic E-state index is 11.2. The number of anilines is 2. The van der Waals surface area contributed by atoms with Crippen molar-refractivity contribution in [2.45, 2.75) is 19.3 Å². The molecule has 0 fully saturated rings. The van der Waals surface area contributed by atoms with Crippen LogP contribution in [0.1, 0.15) is 19.3 Å². The molecule has 140 valence electrons. The molecule has 0 radical (unpaired) electrons. The molecule has 0 aliphatic carbocycles. The molecule has 0 bridgehead atoms. The van der Waals surface area contributed by atoms with E-state index in [-0.39, 0.29) is 5.91 Å². The first-order chi connectivity index (χ1) is 13.2. The van der Waals surface area contributed by atoms with Crippen molar-refractivity contribution in [1.82, 2.24) is 15.3 Å². The average Bonchev–Trinajstić information content (AvgIpc) is 2.73. The summed E-state index contributed by atoms with van der Waals surface area (Å²) in [7, 11) is 3.64. The molecule has 0 unspecified atom stereocenters. The minimum Gasteiger partial charge on any atom is -0.494 e. The lowest BCUT2D eigenvalue weighted by atomic mass is 10.2. The van der Waals surface area contributed by atoms with Crippen LogP contribution in [0.5, 0.6) is 5.75 Å². The van der Waals surface area contributed by atoms with Gasteiger partial charge in [0.15, 0.2) is 0 Å². The highest BCUT2D eigenvalue weighted by Gasteiger charge is 2.10. The van der Waals surface area contributed by atoms with E-state index in [1.165, 1.54) is 0 Å². The molecule has 0 saturated carbocycles. The lowest BCUT2D eigenvalue weighted by molar-refractivity contribution is -0.120. The van der Waals surface area contributed by atoms with Crippen LogP contribution in [0.4, 0.5) is 11.5 Å². The molecule has 1 aromatic heterocycles. The van der Waals surface area contributed by atoms with E-state index in [1.807, 2.05) is 60.5 Å². The smallest absolute Gasteiger partial charge is 0.219 e. The number of carbonyl (C=O) groups excluding carboxylic acids is 1. The van der Waals surface area contributed by atoms with Crippen LogP contribution in [0.15, 0.2) is 54.9 Å². The van der Waals surface area contributed by atoms with Gasteiger partial charge < -0.3 is 15.0 Å². The van der Waals surface area contributed by atoms with Crippen molar-refractivity contribution >= 4 is 28.3 Å². The highest BCUT2D eigenvalue weighted by molar-refractivity contribution is 5.91. The van der Waals surface area contributed by atoms with Crippen molar-refractivity contribution in [2.75, 3.05) is 25.6 Å². The third-order valence-electron chi connectivity index (χ3n) is 4.41. The first kappa shape index (κ1) is 18.6. The average molecular weight is 364 g/mol. The number of hydrogen-bond acceptors (Lipinski definition) is 5. The first-order valence-corrected chi connectivity index (χ1v) is 9.06. The number of nitrogens with one attached hydrogen (secondary N) is 1. The summed E-state index contributed by atoms with van der Waals surface area (Å²) in [5.74, 6) is 1.75. The van der Waals surface area contributed by atoms with Gasteiger partial charge in [-0.3, -0.25) is 4.79 Å². The number of fused-ring (bicyclic) bond motifs is 1. The van der Waals surface area contributed by atoms with Crippen molar-refractivity contribution in [3.63, 3.8) is 0 Å². The summed E-state index contributed by atoms with van der Waals surface area (Å²) >= 11 is 0. The molecule has 3 aromatic rings. The maximum atomic E-state index is 11.2. The molecule has 1 N–H and O–H groups in total. The Morgan fingerprint density at radius 1 is 1.07 bits per heavy atom. The summed E-state index contributed by atoms with van der Waals surface area (Å²) in [5.41, 5.74) is 1.94. The maximum Gasteiger partial charge on any atom is 0.219 e. The van der Waals surface area contributed by atoms with Gasteiger partial charge in [0, 0.05) is 31.6 Å². The molecule has 6 heteroatoms. The summed E-state index contributed by atoms with van der Waals surface area (Å²) in [6.07, 6.45) is 3.80. The molecule has 0 spiro atoms. The highest BCUT2D eigenvalue weighted by atomic mass is 16.5. The fourth-order valence-corrected chi connectivity index (χ4v) is 2.85. The van der Waals surface area contributed by atoms with Crippen LogP contribution in [-0.2, 0) is 4.79 Å². The number of aromatic nitrogens is 2. The van der Waals surface area contributed by atoms with Crippen molar-refractivity contribution < 1.29 is 9.53 Å². The second-order valence-corrected chi connectivity index (χ2v) is 6.25. The molecule has 0 aliphatic heterocycles. The van der Waals surface area contributed by atoms with Gasteiger partial charge in [-0.1, -0.05) is 12.1 Å². The fourth-order valence-electron chi connectivity index (χ4n) is 2.85. The van der Waals surface area contributed by atoms with Crippen molar-refractivity contribution in [3.8, 4) is 5.75 Å². The zero-order chi connectivity index (χ0) is 19.1. The fraction of sp³-hybridized carbons (Fsp3) is 0.286. The van der Waals surface area contributed by atoms with Gasteiger partial charge in [-0.15, -0.1) is 0 Å². The molecule has 3 rings (SSSR count). The van der Waals surface area contributed by atoms with Gasteiger partial charge in [-0.2, -0.15) is 0 Å². The molecule has 0 saturated heterocycles. The summed E-state index contributed by atoms with van der Waals surface area (Å²) in [4.78, 5) is 22.0. The quantitative estimate of drug-likeness (QED) is 0.618. The monoisotopic (exact) mass is 364 g/mol. The predicted molar refractivity (Wildman–Crippen MR) is 107 cm³/mol. The van der Waals surface area contributed by atoms with Gasteiger partial charge >= 0.3 is 0 Å². The normalized spacial score (nSPS) is 10.6. The number of rotatable bonds is 8. The largest absolute Gasteiger partial charge is 0.494 e. The Labute approximate surface area is 159 Å². The number of unbranched alkanes of at least 4 members (excludes halogenated alkanes) is 1. The Bertz CT molecular complexity index is 891. The Balaban J connectivity index is 1.60. The van der Waals surface area contributed by atoms with E-state index in [1.54, 1.807) is 13.4 Å². The zero-order valence-electron chi connectivity index (χ0n) is 15.7. The number of ether oxygens (including phenoxy) is 1. The summed E-state index contributed by atoms with van der Waals surface area (Å²) in [6.45, 7) is 0.600. The number of carbonyl (C=O) groups is 1. The molecule has 1 amide bonds.